The molecule has 0 radical (unpaired) electrons. The van der Waals surface area contributed by atoms with Gasteiger partial charge in [0.05, 0.1) is 45.5 Å². The van der Waals surface area contributed by atoms with E-state index in [9.17, 15) is 24.3 Å². The zero-order valence-corrected chi connectivity index (χ0v) is 36.6. The van der Waals surface area contributed by atoms with Gasteiger partial charge in [0.15, 0.2) is 17.3 Å². The summed E-state index contributed by atoms with van der Waals surface area (Å²) in [5.41, 5.74) is 11.9. The van der Waals surface area contributed by atoms with Crippen molar-refractivity contribution in [3.63, 3.8) is 0 Å². The number of aliphatic hydroxyl groups excluding tert-OH is 1. The van der Waals surface area contributed by atoms with Gasteiger partial charge in [0.2, 0.25) is 0 Å². The lowest BCUT2D eigenvalue weighted by Gasteiger charge is -2.35. The number of methoxy groups -OCH3 is 4. The van der Waals surface area contributed by atoms with E-state index in [0.29, 0.717) is 22.8 Å². The SMILES string of the molecule is COCCNC(=O)N[C@H](C(=O)NN(Cc1ccc(OCc2ccc(OC)c(OC)c2)cc1)CC(O)C(C(=O)[C@@H](NC(=O)NCCOC)C(C)C)C(N)c1ccccc1)C(C)C. The minimum absolute atomic E-state index is 0.0683. The maximum absolute atomic E-state index is 14.6. The van der Waals surface area contributed by atoms with Crippen molar-refractivity contribution in [1.29, 1.82) is 0 Å². The van der Waals surface area contributed by atoms with Crippen molar-refractivity contribution in [3.05, 3.63) is 89.5 Å². The highest BCUT2D eigenvalue weighted by Gasteiger charge is 2.40. The maximum atomic E-state index is 14.6. The van der Waals surface area contributed by atoms with Gasteiger partial charge in [0, 0.05) is 46.4 Å². The van der Waals surface area contributed by atoms with Gasteiger partial charge in [-0.05, 0) is 52.8 Å². The highest BCUT2D eigenvalue weighted by Crippen LogP contribution is 2.29. The number of carbonyl (C=O) groups excluding carboxylic acids is 4. The third-order valence-electron chi connectivity index (χ3n) is 9.82. The Morgan fingerprint density at radius 1 is 0.721 bits per heavy atom. The van der Waals surface area contributed by atoms with Crippen LogP contribution in [0.3, 0.4) is 0 Å². The number of nitrogens with zero attached hydrogens (tertiary/aromatic N) is 1. The number of Topliss-reactive ketones (excluding diaryl/α,β-unsaturated/α-hetero) is 1. The van der Waals surface area contributed by atoms with Crippen LogP contribution >= 0.6 is 0 Å². The maximum Gasteiger partial charge on any atom is 0.315 e. The molecule has 61 heavy (non-hydrogen) atoms. The van der Waals surface area contributed by atoms with E-state index >= 15 is 0 Å². The summed E-state index contributed by atoms with van der Waals surface area (Å²) in [5.74, 6) is -1.24. The van der Waals surface area contributed by atoms with Gasteiger partial charge in [-0.25, -0.2) is 14.6 Å². The summed E-state index contributed by atoms with van der Waals surface area (Å²) in [6, 6.07) is 17.5. The standard InChI is InChI=1S/C44H65N7O10/c1-28(2)39(48-43(55)46-20-22-57-5)41(53)37(38(45)32-12-10-9-11-13-32)34(52)26-51(50-42(54)40(29(3)4)49-44(56)47-21-23-58-6)25-30-14-17-33(18-15-30)61-27-31-16-19-35(59-7)36(24-31)60-8/h9-19,24,28-29,34,37-40,52H,20-23,25-27,45H2,1-8H3,(H,50,54)(H2,46,48,55)(H2,47,49,56)/t34?,37?,38?,39-,40-/m0/s1. The Kier molecular flexibility index (Phi) is 21.3. The quantitative estimate of drug-likeness (QED) is 0.0457. The number of hydrazine groups is 1. The molecule has 3 unspecified atom stereocenters. The van der Waals surface area contributed by atoms with Crippen molar-refractivity contribution < 1.29 is 48.0 Å². The molecule has 3 aromatic carbocycles. The first-order chi connectivity index (χ1) is 29.2. The van der Waals surface area contributed by atoms with E-state index in [0.717, 1.165) is 11.1 Å². The Morgan fingerprint density at radius 3 is 1.82 bits per heavy atom. The molecule has 3 rings (SSSR count). The molecule has 17 heteroatoms. The Hall–Kier alpha value is -5.46. The molecule has 0 bridgehead atoms. The number of rotatable bonds is 26. The summed E-state index contributed by atoms with van der Waals surface area (Å²) >= 11 is 0. The van der Waals surface area contributed by atoms with E-state index in [1.807, 2.05) is 30.3 Å². The Labute approximate surface area is 359 Å². The monoisotopic (exact) mass is 851 g/mol. The van der Waals surface area contributed by atoms with E-state index in [-0.39, 0.29) is 57.8 Å². The second-order valence-electron chi connectivity index (χ2n) is 15.1. The third-order valence-corrected chi connectivity index (χ3v) is 9.82. The molecular weight excluding hydrogens is 787 g/mol. The number of hydrogen-bond acceptors (Lipinski definition) is 12. The number of benzene rings is 3. The molecule has 0 heterocycles. The zero-order chi connectivity index (χ0) is 44.9. The fourth-order valence-electron chi connectivity index (χ4n) is 6.48. The highest BCUT2D eigenvalue weighted by molar-refractivity contribution is 5.91. The molecule has 0 aliphatic rings. The van der Waals surface area contributed by atoms with Crippen LogP contribution in [-0.4, -0.2) is 113 Å². The number of nitrogens with two attached hydrogens (primary N) is 1. The minimum Gasteiger partial charge on any atom is -0.493 e. The topological polar surface area (TPSA) is 224 Å². The average molecular weight is 852 g/mol. The number of ketones is 1. The number of ether oxygens (including phenoxy) is 5. The van der Waals surface area contributed by atoms with Gasteiger partial charge < -0.3 is 55.8 Å². The van der Waals surface area contributed by atoms with E-state index in [1.54, 1.807) is 84.4 Å². The van der Waals surface area contributed by atoms with Crippen LogP contribution in [0.1, 0.15) is 50.4 Å². The molecule has 0 spiro atoms. The van der Waals surface area contributed by atoms with Gasteiger partial charge in [-0.15, -0.1) is 0 Å². The summed E-state index contributed by atoms with van der Waals surface area (Å²) in [6.07, 6.45) is -1.46. The van der Waals surface area contributed by atoms with Gasteiger partial charge >= 0.3 is 12.1 Å². The highest BCUT2D eigenvalue weighted by atomic mass is 16.5. The van der Waals surface area contributed by atoms with Crippen LogP contribution in [0.15, 0.2) is 72.8 Å². The van der Waals surface area contributed by atoms with Crippen LogP contribution in [0.4, 0.5) is 9.59 Å². The predicted octanol–water partition coefficient (Wildman–Crippen LogP) is 3.30. The van der Waals surface area contributed by atoms with Crippen molar-refractivity contribution in [2.75, 3.05) is 61.3 Å². The fourth-order valence-corrected chi connectivity index (χ4v) is 6.48. The van der Waals surface area contributed by atoms with Crippen LogP contribution in [0.5, 0.6) is 17.2 Å². The van der Waals surface area contributed by atoms with E-state index in [2.05, 4.69) is 26.7 Å². The molecule has 5 amide bonds. The molecule has 0 aliphatic carbocycles. The molecule has 5 atom stereocenters. The van der Waals surface area contributed by atoms with E-state index in [1.165, 1.54) is 19.2 Å². The first-order valence-corrected chi connectivity index (χ1v) is 20.3. The lowest BCUT2D eigenvalue weighted by atomic mass is 9.80. The Bertz CT molecular complexity index is 1800. The lowest BCUT2D eigenvalue weighted by molar-refractivity contribution is -0.133. The average Bonchev–Trinajstić information content (AvgIpc) is 3.24. The first kappa shape index (κ1) is 49.9. The second-order valence-corrected chi connectivity index (χ2v) is 15.1. The van der Waals surface area contributed by atoms with Crippen molar-refractivity contribution >= 4 is 23.8 Å². The Balaban J connectivity index is 1.95. The second kappa shape index (κ2) is 26.0. The molecule has 336 valence electrons. The molecule has 0 aliphatic heterocycles. The van der Waals surface area contributed by atoms with Crippen LogP contribution in [0.2, 0.25) is 0 Å². The molecule has 8 N–H and O–H groups in total. The van der Waals surface area contributed by atoms with Crippen molar-refractivity contribution in [1.82, 2.24) is 31.7 Å². The molecule has 0 saturated heterocycles. The molecule has 0 saturated carbocycles. The molecule has 3 aromatic rings. The summed E-state index contributed by atoms with van der Waals surface area (Å²) < 4.78 is 26.8. The van der Waals surface area contributed by atoms with Gasteiger partial charge in [-0.2, -0.15) is 0 Å². The third kappa shape index (κ3) is 16.2. The fraction of sp³-hybridized carbons (Fsp3) is 0.500. The largest absolute Gasteiger partial charge is 0.493 e. The normalized spacial score (nSPS) is 13.7. The van der Waals surface area contributed by atoms with Crippen molar-refractivity contribution in [2.45, 2.75) is 65.1 Å². The number of hydrogen-bond donors (Lipinski definition) is 7. The molecular formula is C44H65N7O10. The summed E-state index contributed by atoms with van der Waals surface area (Å²) in [5, 5.41) is 24.5. The van der Waals surface area contributed by atoms with Gasteiger partial charge in [0.1, 0.15) is 18.4 Å². The predicted molar refractivity (Wildman–Crippen MR) is 231 cm³/mol. The number of carbonyl (C=O) groups is 4. The molecule has 0 fully saturated rings. The Morgan fingerprint density at radius 2 is 1.28 bits per heavy atom. The van der Waals surface area contributed by atoms with E-state index < -0.39 is 53.9 Å². The number of aliphatic hydroxyl groups is 1. The molecule has 0 aromatic heterocycles. The molecule has 17 nitrogen and oxygen atoms in total. The van der Waals surface area contributed by atoms with Crippen LogP contribution < -0.4 is 46.6 Å². The number of nitrogens with one attached hydrogen (secondary N) is 5. The minimum atomic E-state index is -1.46. The summed E-state index contributed by atoms with van der Waals surface area (Å²) in [6.45, 7) is 8.22. The summed E-state index contributed by atoms with van der Waals surface area (Å²) in [4.78, 5) is 54.2. The van der Waals surface area contributed by atoms with Crippen molar-refractivity contribution in [3.8, 4) is 17.2 Å². The lowest BCUT2D eigenvalue weighted by Crippen LogP contribution is -2.58. The van der Waals surface area contributed by atoms with Crippen molar-refractivity contribution in [2.24, 2.45) is 23.5 Å². The van der Waals surface area contributed by atoms with Gasteiger partial charge in [-0.1, -0.05) is 76.2 Å². The van der Waals surface area contributed by atoms with E-state index in [4.69, 9.17) is 29.4 Å². The number of amides is 5. The van der Waals surface area contributed by atoms with Gasteiger partial charge in [0.25, 0.3) is 5.91 Å². The number of urea groups is 2. The summed E-state index contributed by atoms with van der Waals surface area (Å²) in [7, 11) is 6.16. The van der Waals surface area contributed by atoms with Crippen LogP contribution in [0, 0.1) is 17.8 Å². The van der Waals surface area contributed by atoms with Gasteiger partial charge in [-0.3, -0.25) is 15.0 Å². The zero-order valence-electron chi connectivity index (χ0n) is 36.6. The van der Waals surface area contributed by atoms with Crippen LogP contribution in [-0.2, 0) is 32.2 Å². The van der Waals surface area contributed by atoms with Crippen LogP contribution in [0.25, 0.3) is 0 Å². The first-order valence-electron chi connectivity index (χ1n) is 20.3. The smallest absolute Gasteiger partial charge is 0.315 e.